The van der Waals surface area contributed by atoms with Crippen LogP contribution in [0.15, 0.2) is 0 Å². The molecule has 5 nitrogen and oxygen atoms in total. The molecule has 88 valence electrons. The highest BCUT2D eigenvalue weighted by Gasteiger charge is 2.21. The van der Waals surface area contributed by atoms with Gasteiger partial charge in [-0.3, -0.25) is 4.78 Å². The van der Waals surface area contributed by atoms with Gasteiger partial charge in [-0.1, -0.05) is 10.7 Å². The number of carboxylic acid groups (broad SMARTS) is 1. The minimum Gasteiger partial charge on any atom is -0.465 e. The number of rotatable bonds is 4. The normalized spacial score (nSPS) is 20.2. The second-order valence-corrected chi connectivity index (χ2v) is 5.51. The summed E-state index contributed by atoms with van der Waals surface area (Å²) < 4.78 is 7.36. The molecule has 0 saturated carbocycles. The van der Waals surface area contributed by atoms with Crippen molar-refractivity contribution in [2.24, 2.45) is 5.92 Å². The van der Waals surface area contributed by atoms with E-state index in [9.17, 15) is 4.79 Å². The molecule has 3 N–H and O–H groups in total. The van der Waals surface area contributed by atoms with Gasteiger partial charge >= 0.3 is 6.09 Å². The van der Waals surface area contributed by atoms with Crippen LogP contribution in [0.5, 0.6) is 0 Å². The lowest BCUT2D eigenvalue weighted by molar-refractivity contribution is 0.124. The molecule has 0 aromatic heterocycles. The molecule has 15 heavy (non-hydrogen) atoms. The van der Waals surface area contributed by atoms with Gasteiger partial charge in [0, 0.05) is 13.1 Å². The third-order valence-electron chi connectivity index (χ3n) is 2.64. The highest BCUT2D eigenvalue weighted by atomic mass is 32.2. The summed E-state index contributed by atoms with van der Waals surface area (Å²) in [5.74, 6) is 1.32. The van der Waals surface area contributed by atoms with E-state index in [0.29, 0.717) is 19.0 Å². The Morgan fingerprint density at radius 2 is 2.20 bits per heavy atom. The molecule has 0 aromatic carbocycles. The number of piperidine rings is 1. The number of hydrogen-bond donors (Lipinski definition) is 3. The number of likely N-dealkylation sites (tertiary alicyclic amines) is 1. The van der Waals surface area contributed by atoms with Crippen molar-refractivity contribution in [1.82, 2.24) is 10.2 Å². The number of carbonyl (C=O) groups is 1. The monoisotopic (exact) mass is 233 g/mol. The van der Waals surface area contributed by atoms with E-state index >= 15 is 0 Å². The Morgan fingerprint density at radius 3 is 2.67 bits per heavy atom. The van der Waals surface area contributed by atoms with E-state index in [2.05, 4.69) is 5.32 Å². The molecule has 1 fully saturated rings. The van der Waals surface area contributed by atoms with Gasteiger partial charge in [0.2, 0.25) is 0 Å². The molecule has 1 atom stereocenters. The second kappa shape index (κ2) is 6.07. The van der Waals surface area contributed by atoms with Crippen LogP contribution in [0.1, 0.15) is 12.8 Å². The van der Waals surface area contributed by atoms with Crippen molar-refractivity contribution < 1.29 is 9.90 Å². The molecule has 0 bridgehead atoms. The largest absolute Gasteiger partial charge is 0.465 e. The van der Waals surface area contributed by atoms with Crippen molar-refractivity contribution >= 4 is 16.8 Å². The van der Waals surface area contributed by atoms with Crippen LogP contribution in [-0.4, -0.2) is 47.9 Å². The van der Waals surface area contributed by atoms with E-state index in [1.165, 1.54) is 4.90 Å². The predicted molar refractivity (Wildman–Crippen MR) is 61.2 cm³/mol. The van der Waals surface area contributed by atoms with Crippen LogP contribution in [0.3, 0.4) is 0 Å². The summed E-state index contributed by atoms with van der Waals surface area (Å²) in [4.78, 5) is 12.1. The van der Waals surface area contributed by atoms with Crippen molar-refractivity contribution in [2.45, 2.75) is 12.8 Å². The Balaban J connectivity index is 2.14. The van der Waals surface area contributed by atoms with E-state index in [1.54, 1.807) is 0 Å². The third-order valence-corrected chi connectivity index (χ3v) is 3.27. The second-order valence-electron chi connectivity index (χ2n) is 3.95. The first-order chi connectivity index (χ1) is 7.09. The standard InChI is InChI=1S/C9H19N3O2S/c1-15(10)7-11-6-8-2-4-12(5-3-8)9(13)14/h8,10-11H,2-7H2,1H3,(H,13,14). The summed E-state index contributed by atoms with van der Waals surface area (Å²) in [5, 5.41) is 12.0. The van der Waals surface area contributed by atoms with Crippen molar-refractivity contribution in [3.8, 4) is 0 Å². The average Bonchev–Trinajstić information content (AvgIpc) is 2.18. The fourth-order valence-corrected chi connectivity index (χ4v) is 2.17. The van der Waals surface area contributed by atoms with Gasteiger partial charge in [0.25, 0.3) is 0 Å². The summed E-state index contributed by atoms with van der Waals surface area (Å²) in [7, 11) is -0.300. The first-order valence-electron chi connectivity index (χ1n) is 5.12. The van der Waals surface area contributed by atoms with E-state index in [-0.39, 0.29) is 10.7 Å². The molecule has 1 rings (SSSR count). The average molecular weight is 233 g/mol. The van der Waals surface area contributed by atoms with Gasteiger partial charge in [0.05, 0.1) is 5.88 Å². The van der Waals surface area contributed by atoms with Gasteiger partial charge < -0.3 is 15.3 Å². The molecule has 0 aromatic rings. The number of amides is 1. The lowest BCUT2D eigenvalue weighted by Crippen LogP contribution is -2.40. The molecule has 0 spiro atoms. The van der Waals surface area contributed by atoms with Crippen LogP contribution in [-0.2, 0) is 10.7 Å². The topological polar surface area (TPSA) is 76.4 Å². The predicted octanol–water partition coefficient (Wildman–Crippen LogP) is 0.934. The van der Waals surface area contributed by atoms with Crippen molar-refractivity contribution in [2.75, 3.05) is 31.8 Å². The Kier molecular flexibility index (Phi) is 5.04. The highest BCUT2D eigenvalue weighted by Crippen LogP contribution is 2.16. The van der Waals surface area contributed by atoms with Gasteiger partial charge in [-0.2, -0.15) is 0 Å². The lowest BCUT2D eigenvalue weighted by Gasteiger charge is -2.30. The van der Waals surface area contributed by atoms with Gasteiger partial charge in [0.1, 0.15) is 0 Å². The van der Waals surface area contributed by atoms with Crippen molar-refractivity contribution in [1.29, 1.82) is 4.78 Å². The number of nitrogens with zero attached hydrogens (tertiary/aromatic N) is 1. The molecule has 1 aliphatic rings. The fraction of sp³-hybridized carbons (Fsp3) is 0.889. The fourth-order valence-electron chi connectivity index (χ4n) is 1.74. The van der Waals surface area contributed by atoms with E-state index in [4.69, 9.17) is 9.89 Å². The summed E-state index contributed by atoms with van der Waals surface area (Å²) >= 11 is 0. The summed E-state index contributed by atoms with van der Waals surface area (Å²) in [6, 6.07) is 0. The third kappa shape index (κ3) is 4.61. The molecule has 0 radical (unpaired) electrons. The SMILES string of the molecule is CS(=N)CNCC1CCN(C(=O)O)CC1. The van der Waals surface area contributed by atoms with E-state index < -0.39 is 6.09 Å². The van der Waals surface area contributed by atoms with Crippen LogP contribution in [0.2, 0.25) is 0 Å². The van der Waals surface area contributed by atoms with Gasteiger partial charge in [-0.25, -0.2) is 4.79 Å². The smallest absolute Gasteiger partial charge is 0.407 e. The van der Waals surface area contributed by atoms with Crippen LogP contribution >= 0.6 is 0 Å². The maximum absolute atomic E-state index is 10.7. The summed E-state index contributed by atoms with van der Waals surface area (Å²) in [6.45, 7) is 2.23. The molecule has 1 amide bonds. The minimum absolute atomic E-state index is 0.300. The maximum Gasteiger partial charge on any atom is 0.407 e. The first-order valence-corrected chi connectivity index (χ1v) is 6.92. The van der Waals surface area contributed by atoms with E-state index in [0.717, 1.165) is 25.3 Å². The molecule has 1 saturated heterocycles. The van der Waals surface area contributed by atoms with Gasteiger partial charge in [-0.15, -0.1) is 0 Å². The van der Waals surface area contributed by atoms with Crippen LogP contribution in [0.4, 0.5) is 4.79 Å². The first kappa shape index (κ1) is 12.4. The molecule has 6 heteroatoms. The quantitative estimate of drug-likeness (QED) is 0.676. The molecule has 1 aliphatic heterocycles. The molecular formula is C9H19N3O2S. The molecule has 0 aliphatic carbocycles. The van der Waals surface area contributed by atoms with Crippen molar-refractivity contribution in [3.63, 3.8) is 0 Å². The Labute approximate surface area is 92.7 Å². The molecule has 1 unspecified atom stereocenters. The lowest BCUT2D eigenvalue weighted by atomic mass is 9.97. The Morgan fingerprint density at radius 1 is 1.60 bits per heavy atom. The molecular weight excluding hydrogens is 214 g/mol. The zero-order valence-corrected chi connectivity index (χ0v) is 9.85. The molecule has 1 heterocycles. The van der Waals surface area contributed by atoms with Gasteiger partial charge in [-0.05, 0) is 31.6 Å². The zero-order valence-electron chi connectivity index (χ0n) is 9.03. The number of nitrogens with one attached hydrogen (secondary N) is 2. The summed E-state index contributed by atoms with van der Waals surface area (Å²) in [5.41, 5.74) is 0. The van der Waals surface area contributed by atoms with Crippen LogP contribution in [0, 0.1) is 10.7 Å². The highest BCUT2D eigenvalue weighted by molar-refractivity contribution is 7.85. The van der Waals surface area contributed by atoms with Crippen LogP contribution in [0.25, 0.3) is 0 Å². The van der Waals surface area contributed by atoms with Crippen LogP contribution < -0.4 is 5.32 Å². The number of hydrogen-bond acceptors (Lipinski definition) is 3. The maximum atomic E-state index is 10.7. The van der Waals surface area contributed by atoms with Gasteiger partial charge in [0.15, 0.2) is 0 Å². The minimum atomic E-state index is -0.803. The van der Waals surface area contributed by atoms with E-state index in [1.807, 2.05) is 6.26 Å². The summed E-state index contributed by atoms with van der Waals surface area (Å²) in [6.07, 6.45) is 2.96. The Hall–Kier alpha value is -0.620. The van der Waals surface area contributed by atoms with Crippen molar-refractivity contribution in [3.05, 3.63) is 0 Å². The Bertz CT molecular complexity index is 237. The zero-order chi connectivity index (χ0) is 11.3.